The molecule has 2 heterocycles. The first kappa shape index (κ1) is 53.9. The van der Waals surface area contributed by atoms with E-state index >= 15 is 0 Å². The first-order chi connectivity index (χ1) is 32.5. The van der Waals surface area contributed by atoms with Gasteiger partial charge in [-0.15, -0.1) is 0 Å². The number of quaternary nitrogens is 1. The number of aryl methyl sites for hydroxylation is 1. The highest BCUT2D eigenvalue weighted by molar-refractivity contribution is 6.50. The highest BCUT2D eigenvalue weighted by Crippen LogP contribution is 2.43. The predicted octanol–water partition coefficient (Wildman–Crippen LogP) is 15.6. The maximum absolute atomic E-state index is 9.75. The van der Waals surface area contributed by atoms with Crippen LogP contribution in [0, 0.1) is 0 Å². The van der Waals surface area contributed by atoms with Gasteiger partial charge in [-0.25, -0.2) is 0 Å². The third-order valence-electron chi connectivity index (χ3n) is 13.1. The Morgan fingerprint density at radius 2 is 1.15 bits per heavy atom. The van der Waals surface area contributed by atoms with Gasteiger partial charge in [-0.3, -0.25) is 4.48 Å². The largest absolute Gasteiger partial charge is 0.673 e. The lowest BCUT2D eigenvalue weighted by atomic mass is 10.0. The summed E-state index contributed by atoms with van der Waals surface area (Å²) in [7, 11) is -12.0. The molecule has 5 aromatic rings. The summed E-state index contributed by atoms with van der Waals surface area (Å²) in [5, 5.41) is 7.76. The van der Waals surface area contributed by atoms with Crippen LogP contribution in [0.4, 0.5) is 40.2 Å². The number of unbranched alkanes of at least 4 members (excludes halogenated alkanes) is 4. The lowest BCUT2D eigenvalue weighted by molar-refractivity contribution is -0.885. The zero-order valence-electron chi connectivity index (χ0n) is 40.9. The molecule has 0 unspecified atom stereocenters. The Morgan fingerprint density at radius 3 is 1.72 bits per heavy atom. The lowest BCUT2D eigenvalue weighted by Crippen LogP contribution is -2.46. The summed E-state index contributed by atoms with van der Waals surface area (Å²) in [6.45, 7) is 22.9. The Morgan fingerprint density at radius 1 is 0.603 bits per heavy atom. The third kappa shape index (κ3) is 13.2. The summed E-state index contributed by atoms with van der Waals surface area (Å²) in [4.78, 5) is 0. The van der Waals surface area contributed by atoms with Gasteiger partial charge < -0.3 is 48.6 Å². The van der Waals surface area contributed by atoms with Crippen LogP contribution >= 0.6 is 0 Å². The van der Waals surface area contributed by atoms with Gasteiger partial charge in [0.05, 0.1) is 43.8 Å². The number of aromatic nitrogens is 1. The van der Waals surface area contributed by atoms with E-state index in [0.717, 1.165) is 126 Å². The van der Waals surface area contributed by atoms with Gasteiger partial charge in [-0.1, -0.05) is 89.8 Å². The minimum Gasteiger partial charge on any atom is -0.493 e. The highest BCUT2D eigenvalue weighted by atomic mass is 19.5. The molecule has 0 N–H and O–H groups in total. The Labute approximate surface area is 397 Å². The fraction of sp³-hybridized carbons (Fsp3) is 0.453. The maximum Gasteiger partial charge on any atom is 0.673 e. The molecule has 7 rings (SSSR count). The minimum atomic E-state index is -6.00. The van der Waals surface area contributed by atoms with Gasteiger partial charge in [0.25, 0.3) is 0 Å². The first-order valence-corrected chi connectivity index (χ1v) is 24.7. The number of nitrogens with zero attached hydrogens (tertiary/aromatic N) is 3. The van der Waals surface area contributed by atoms with Crippen molar-refractivity contribution in [3.63, 3.8) is 0 Å². The van der Waals surface area contributed by atoms with E-state index in [1.165, 1.54) is 71.6 Å². The highest BCUT2D eigenvalue weighted by Gasteiger charge is 2.37. The molecule has 0 atom stereocenters. The summed E-state index contributed by atoms with van der Waals surface area (Å²) in [6.07, 6.45) is 21.0. The Balaban J connectivity index is 0.000000783. The Hall–Kier alpha value is -5.04. The van der Waals surface area contributed by atoms with Gasteiger partial charge in [-0.05, 0) is 89.3 Å². The van der Waals surface area contributed by atoms with E-state index in [1.54, 1.807) is 0 Å². The molecule has 0 saturated heterocycles. The van der Waals surface area contributed by atoms with Gasteiger partial charge in [0, 0.05) is 68.7 Å². The average Bonchev–Trinajstić information content (AvgIpc) is 3.95. The number of likely N-dealkylation sites (N-methyl/N-ethyl adjacent to an activating group) is 1. The van der Waals surface area contributed by atoms with E-state index in [1.807, 2.05) is 0 Å². The van der Waals surface area contributed by atoms with Gasteiger partial charge in [0.15, 0.2) is 0 Å². The van der Waals surface area contributed by atoms with Crippen molar-refractivity contribution in [3.8, 4) is 11.5 Å². The second-order valence-corrected chi connectivity index (χ2v) is 17.5. The second kappa shape index (κ2) is 24.5. The van der Waals surface area contributed by atoms with E-state index in [0.29, 0.717) is 0 Å². The van der Waals surface area contributed by atoms with E-state index < -0.39 is 14.5 Å². The van der Waals surface area contributed by atoms with Gasteiger partial charge >= 0.3 is 14.5 Å². The molecule has 0 radical (unpaired) electrons. The number of allylic oxidation sites excluding steroid dienone is 5. The molecule has 0 bridgehead atoms. The molecule has 1 aliphatic carbocycles. The molecule has 15 heteroatoms. The zero-order chi connectivity index (χ0) is 49.6. The van der Waals surface area contributed by atoms with Crippen molar-refractivity contribution < 1.29 is 53.1 Å². The maximum atomic E-state index is 9.75. The summed E-state index contributed by atoms with van der Waals surface area (Å²) in [5.74, 6) is 2.01. The van der Waals surface area contributed by atoms with E-state index in [9.17, 15) is 34.5 Å². The molecule has 0 saturated carbocycles. The van der Waals surface area contributed by atoms with Crippen molar-refractivity contribution in [3.05, 3.63) is 107 Å². The molecule has 5 nitrogen and oxygen atoms in total. The summed E-state index contributed by atoms with van der Waals surface area (Å²) >= 11 is 0. The molecule has 0 amide bonds. The van der Waals surface area contributed by atoms with E-state index in [-0.39, 0.29) is 0 Å². The molecule has 0 spiro atoms. The van der Waals surface area contributed by atoms with Crippen LogP contribution in [0.15, 0.2) is 95.7 Å². The minimum absolute atomic E-state index is 0.759. The Kier molecular flexibility index (Phi) is 19.4. The third-order valence-corrected chi connectivity index (χ3v) is 13.1. The monoisotopic (exact) mass is 954 g/mol. The van der Waals surface area contributed by atoms with Crippen molar-refractivity contribution in [1.82, 2.24) is 4.57 Å². The topological polar surface area (TPSA) is 26.4 Å². The molecular weight excluding hydrogens is 884 g/mol. The van der Waals surface area contributed by atoms with Crippen molar-refractivity contribution >= 4 is 64.4 Å². The van der Waals surface area contributed by atoms with Crippen LogP contribution in [0.2, 0.25) is 0 Å². The average molecular weight is 954 g/mol. The van der Waals surface area contributed by atoms with E-state index in [2.05, 4.69) is 143 Å². The quantitative estimate of drug-likeness (QED) is 0.0241. The fourth-order valence-corrected chi connectivity index (χ4v) is 9.68. The van der Waals surface area contributed by atoms with Crippen LogP contribution < -0.4 is 14.8 Å². The van der Waals surface area contributed by atoms with Gasteiger partial charge in [-0.2, -0.15) is 4.58 Å². The molecule has 1 aliphatic heterocycles. The van der Waals surface area contributed by atoms with Crippen LogP contribution in [-0.2, 0) is 6.54 Å². The smallest absolute Gasteiger partial charge is 0.493 e. The SMILES string of the molecule is CCCCOc1ccc2c3c(cccc13)C(C=CC1=C([N+](CC)(CC)CC)C(=CC=c3c4cccc5c(OCCCC)ccc(c54)n3CCCC)CC1)=[N+]2CCCC.F[B-](F)(F)F.F[B-](F)(F)F. The number of ether oxygens (including phenoxy) is 2. The molecule has 1 aromatic heterocycles. The number of benzene rings is 4. The lowest BCUT2D eigenvalue weighted by Gasteiger charge is -2.37. The van der Waals surface area contributed by atoms with Gasteiger partial charge in [0.1, 0.15) is 23.7 Å². The van der Waals surface area contributed by atoms with Crippen molar-refractivity contribution in [2.24, 2.45) is 0 Å². The zero-order valence-corrected chi connectivity index (χ0v) is 40.9. The summed E-state index contributed by atoms with van der Waals surface area (Å²) < 4.78 is 96.9. The van der Waals surface area contributed by atoms with Crippen LogP contribution in [-0.4, -0.2) is 73.2 Å². The summed E-state index contributed by atoms with van der Waals surface area (Å²) in [5.41, 5.74) is 9.77. The molecule has 370 valence electrons. The van der Waals surface area contributed by atoms with Crippen molar-refractivity contribution in [1.29, 1.82) is 0 Å². The molecule has 68 heavy (non-hydrogen) atoms. The van der Waals surface area contributed by atoms with Crippen molar-refractivity contribution in [2.45, 2.75) is 119 Å². The van der Waals surface area contributed by atoms with Crippen LogP contribution in [0.5, 0.6) is 11.5 Å². The van der Waals surface area contributed by atoms with Crippen LogP contribution in [0.25, 0.3) is 38.5 Å². The van der Waals surface area contributed by atoms with E-state index in [4.69, 9.17) is 9.47 Å². The molecule has 4 aromatic carbocycles. The van der Waals surface area contributed by atoms with Crippen molar-refractivity contribution in [2.75, 3.05) is 39.4 Å². The van der Waals surface area contributed by atoms with Crippen LogP contribution in [0.1, 0.15) is 118 Å². The number of rotatable bonds is 21. The number of hydrogen-bond acceptors (Lipinski definition) is 2. The van der Waals surface area contributed by atoms with Crippen LogP contribution in [0.3, 0.4) is 0 Å². The second-order valence-electron chi connectivity index (χ2n) is 17.5. The Bertz CT molecular complexity index is 2630. The predicted molar refractivity (Wildman–Crippen MR) is 268 cm³/mol. The standard InChI is InChI=1S/C53H69N3O2.2BF4/c1-8-15-35-54-45(41-21-19-23-43-49(57-37-17-10-3)33-31-47(54)51(41)43)29-27-39-25-26-40(53(39)56(12-5,13-6)14-7)28-30-46-42-22-20-24-44-50(58-38-18-11-4)34-32-48(52(42)44)55(46)36-16-9-2;2*2-1(3,4)5/h19-24,27-34H,8-18,25-26,35-38H2,1-7H3;;/q+2;2*-1. The number of halogens is 8. The van der Waals surface area contributed by atoms with Gasteiger partial charge in [0.2, 0.25) is 11.4 Å². The molecular formula is C53H69B2F8N3O2. The molecule has 0 fully saturated rings. The number of hydrogen-bond donors (Lipinski definition) is 0. The fourth-order valence-electron chi connectivity index (χ4n) is 9.68. The first-order valence-electron chi connectivity index (χ1n) is 24.7. The summed E-state index contributed by atoms with van der Waals surface area (Å²) in [6, 6.07) is 22.6. The normalized spacial score (nSPS) is 15.1. The molecule has 2 aliphatic rings.